The first-order valence-electron chi connectivity index (χ1n) is 3.80. The molecule has 1 aliphatic rings. The summed E-state index contributed by atoms with van der Waals surface area (Å²) in [6.45, 7) is 0. The van der Waals surface area contributed by atoms with Gasteiger partial charge in [-0.15, -0.1) is 0 Å². The van der Waals surface area contributed by atoms with Crippen molar-refractivity contribution in [3.63, 3.8) is 0 Å². The van der Waals surface area contributed by atoms with Gasteiger partial charge in [-0.2, -0.15) is 0 Å². The molecule has 0 spiro atoms. The minimum Gasteiger partial charge on any atom is -0.468 e. The Labute approximate surface area is 76.2 Å². The molecule has 0 saturated heterocycles. The van der Waals surface area contributed by atoms with Crippen molar-refractivity contribution in [2.24, 2.45) is 23.1 Å². The normalized spacial score (nSPS) is 25.2. The van der Waals surface area contributed by atoms with Crippen molar-refractivity contribution in [1.29, 1.82) is 0 Å². The van der Waals surface area contributed by atoms with Crippen molar-refractivity contribution in [3.05, 3.63) is 23.9 Å². The first-order chi connectivity index (χ1) is 6.00. The summed E-state index contributed by atoms with van der Waals surface area (Å²) in [6.07, 6.45) is 4.77. The van der Waals surface area contributed by atoms with E-state index in [4.69, 9.17) is 17.2 Å². The van der Waals surface area contributed by atoms with Crippen LogP contribution in [-0.2, 0) is 9.53 Å². The maximum atomic E-state index is 11.2. The van der Waals surface area contributed by atoms with Gasteiger partial charge in [0.25, 0.3) is 0 Å². The molecule has 0 fully saturated rings. The number of nitrogens with two attached hydrogens (primary N) is 3. The molecular weight excluding hydrogens is 170 g/mol. The molecule has 1 unspecified atom stereocenters. The summed E-state index contributed by atoms with van der Waals surface area (Å²) < 4.78 is 4.54. The Balaban J connectivity index is 2.96. The molecule has 0 bridgehead atoms. The quantitative estimate of drug-likeness (QED) is 0.350. The highest BCUT2D eigenvalue weighted by Crippen LogP contribution is 2.21. The fourth-order valence-corrected chi connectivity index (χ4v) is 1.15. The monoisotopic (exact) mass is 183 g/mol. The molecule has 0 aromatic rings. The second kappa shape index (κ2) is 3.20. The molecule has 0 heterocycles. The van der Waals surface area contributed by atoms with Gasteiger partial charge in [0, 0.05) is 5.70 Å². The summed E-state index contributed by atoms with van der Waals surface area (Å²) in [7, 11) is 1.28. The van der Waals surface area contributed by atoms with Crippen LogP contribution in [0.5, 0.6) is 0 Å². The minimum absolute atomic E-state index is 0.269. The molecule has 13 heavy (non-hydrogen) atoms. The third-order valence-electron chi connectivity index (χ3n) is 2.05. The number of carbonyl (C=O) groups is 1. The van der Waals surface area contributed by atoms with Crippen molar-refractivity contribution in [2.75, 3.05) is 7.11 Å². The van der Waals surface area contributed by atoms with E-state index in [9.17, 15) is 4.79 Å². The van der Waals surface area contributed by atoms with Crippen LogP contribution in [0.25, 0.3) is 0 Å². The fraction of sp³-hybridized carbons (Fsp3) is 0.375. The Bertz CT molecular complexity index is 281. The van der Waals surface area contributed by atoms with E-state index in [1.54, 1.807) is 18.2 Å². The van der Waals surface area contributed by atoms with Crippen molar-refractivity contribution in [2.45, 2.75) is 5.66 Å². The molecule has 0 amide bonds. The topological polar surface area (TPSA) is 104 Å². The molecule has 6 N–H and O–H groups in total. The first-order valence-corrected chi connectivity index (χ1v) is 3.80. The Kier molecular flexibility index (Phi) is 2.40. The van der Waals surface area contributed by atoms with E-state index in [1.807, 2.05) is 0 Å². The molecule has 0 aromatic carbocycles. The van der Waals surface area contributed by atoms with E-state index in [0.717, 1.165) is 0 Å². The third kappa shape index (κ3) is 1.56. The van der Waals surface area contributed by atoms with Crippen LogP contribution in [0.15, 0.2) is 23.9 Å². The largest absolute Gasteiger partial charge is 0.468 e. The average Bonchev–Trinajstić information content (AvgIpc) is 2.08. The van der Waals surface area contributed by atoms with Crippen LogP contribution >= 0.6 is 0 Å². The number of ether oxygens (including phenoxy) is 1. The molecule has 5 heteroatoms. The average molecular weight is 183 g/mol. The zero-order valence-electron chi connectivity index (χ0n) is 7.36. The van der Waals surface area contributed by atoms with Gasteiger partial charge in [-0.25, -0.2) is 0 Å². The molecule has 0 aromatic heterocycles. The van der Waals surface area contributed by atoms with Crippen LogP contribution in [-0.4, -0.2) is 18.7 Å². The van der Waals surface area contributed by atoms with Crippen LogP contribution < -0.4 is 17.2 Å². The highest BCUT2D eigenvalue weighted by atomic mass is 16.5. The standard InChI is InChI=1S/C8H13N3O2/c1-13-7(12)5-3-2-4-6(9)8(5,10)11/h2-5H,9-11H2,1H3. The predicted octanol–water partition coefficient (Wildman–Crippen LogP) is -1.20. The zero-order valence-corrected chi connectivity index (χ0v) is 7.36. The molecule has 5 nitrogen and oxygen atoms in total. The van der Waals surface area contributed by atoms with Crippen LogP contribution in [0, 0.1) is 5.92 Å². The number of carbonyl (C=O) groups excluding carboxylic acids is 1. The minimum atomic E-state index is -1.35. The summed E-state index contributed by atoms with van der Waals surface area (Å²) >= 11 is 0. The molecule has 1 aliphatic carbocycles. The van der Waals surface area contributed by atoms with Gasteiger partial charge in [0.05, 0.1) is 7.11 Å². The summed E-state index contributed by atoms with van der Waals surface area (Å²) in [5.74, 6) is -1.21. The Hall–Kier alpha value is -1.33. The Morgan fingerprint density at radius 2 is 2.23 bits per heavy atom. The maximum absolute atomic E-state index is 11.2. The summed E-state index contributed by atoms with van der Waals surface area (Å²) in [4.78, 5) is 11.2. The van der Waals surface area contributed by atoms with E-state index in [1.165, 1.54) is 7.11 Å². The second-order valence-corrected chi connectivity index (χ2v) is 2.94. The van der Waals surface area contributed by atoms with E-state index >= 15 is 0 Å². The number of hydrogen-bond acceptors (Lipinski definition) is 5. The molecular formula is C8H13N3O2. The van der Waals surface area contributed by atoms with Gasteiger partial charge in [0.2, 0.25) is 0 Å². The maximum Gasteiger partial charge on any atom is 0.316 e. The summed E-state index contributed by atoms with van der Waals surface area (Å²) in [6, 6.07) is 0. The van der Waals surface area contributed by atoms with Gasteiger partial charge in [-0.3, -0.25) is 4.79 Å². The lowest BCUT2D eigenvalue weighted by Crippen LogP contribution is -2.61. The number of allylic oxidation sites excluding steroid dienone is 2. The molecule has 1 rings (SSSR count). The molecule has 1 atom stereocenters. The zero-order chi connectivity index (χ0) is 10.1. The van der Waals surface area contributed by atoms with Crippen LogP contribution in [0.4, 0.5) is 0 Å². The SMILES string of the molecule is COC(=O)C1C=CC=C(N)C1(N)N. The highest BCUT2D eigenvalue weighted by Gasteiger charge is 2.39. The van der Waals surface area contributed by atoms with E-state index in [-0.39, 0.29) is 5.70 Å². The number of rotatable bonds is 1. The highest BCUT2D eigenvalue weighted by molar-refractivity contribution is 5.77. The molecule has 72 valence electrons. The van der Waals surface area contributed by atoms with Crippen LogP contribution in [0.2, 0.25) is 0 Å². The molecule has 0 aliphatic heterocycles. The predicted molar refractivity (Wildman–Crippen MR) is 48.0 cm³/mol. The number of hydrogen-bond donors (Lipinski definition) is 3. The van der Waals surface area contributed by atoms with Gasteiger partial charge in [0.1, 0.15) is 11.6 Å². The van der Waals surface area contributed by atoms with Crippen LogP contribution in [0.3, 0.4) is 0 Å². The van der Waals surface area contributed by atoms with Gasteiger partial charge in [0.15, 0.2) is 0 Å². The Morgan fingerprint density at radius 3 is 2.77 bits per heavy atom. The van der Waals surface area contributed by atoms with Gasteiger partial charge in [-0.05, 0) is 6.08 Å². The number of methoxy groups -OCH3 is 1. The van der Waals surface area contributed by atoms with Gasteiger partial charge >= 0.3 is 5.97 Å². The second-order valence-electron chi connectivity index (χ2n) is 2.94. The van der Waals surface area contributed by atoms with Crippen molar-refractivity contribution < 1.29 is 9.53 Å². The number of esters is 1. The van der Waals surface area contributed by atoms with E-state index in [0.29, 0.717) is 0 Å². The first kappa shape index (κ1) is 9.76. The fourth-order valence-electron chi connectivity index (χ4n) is 1.15. The van der Waals surface area contributed by atoms with E-state index in [2.05, 4.69) is 4.74 Å². The third-order valence-corrected chi connectivity index (χ3v) is 2.05. The van der Waals surface area contributed by atoms with Crippen molar-refractivity contribution >= 4 is 5.97 Å². The van der Waals surface area contributed by atoms with E-state index < -0.39 is 17.6 Å². The van der Waals surface area contributed by atoms with Gasteiger partial charge in [-0.1, -0.05) is 12.2 Å². The van der Waals surface area contributed by atoms with Crippen molar-refractivity contribution in [3.8, 4) is 0 Å². The summed E-state index contributed by atoms with van der Waals surface area (Å²) in [5.41, 5.74) is 15.8. The lowest BCUT2D eigenvalue weighted by atomic mass is 9.87. The lowest BCUT2D eigenvalue weighted by Gasteiger charge is -2.32. The molecule has 0 radical (unpaired) electrons. The van der Waals surface area contributed by atoms with Crippen molar-refractivity contribution in [1.82, 2.24) is 0 Å². The van der Waals surface area contributed by atoms with Crippen LogP contribution in [0.1, 0.15) is 0 Å². The summed E-state index contributed by atoms with van der Waals surface area (Å²) in [5, 5.41) is 0. The van der Waals surface area contributed by atoms with Gasteiger partial charge < -0.3 is 21.9 Å². The molecule has 0 saturated carbocycles. The lowest BCUT2D eigenvalue weighted by molar-refractivity contribution is -0.145. The smallest absolute Gasteiger partial charge is 0.316 e. The Morgan fingerprint density at radius 1 is 1.62 bits per heavy atom.